The minimum absolute atomic E-state index is 0.0429. The monoisotopic (exact) mass is 275 g/mol. The minimum atomic E-state index is 0.0429. The van der Waals surface area contributed by atoms with Gasteiger partial charge in [-0.2, -0.15) is 0 Å². The topological polar surface area (TPSA) is 32.3 Å². The Hall–Kier alpha value is -0.860. The van der Waals surface area contributed by atoms with Gasteiger partial charge in [-0.15, -0.1) is 0 Å². The predicted molar refractivity (Wildman–Crippen MR) is 84.8 cm³/mol. The molecule has 20 heavy (non-hydrogen) atoms. The standard InChI is InChI=1S/C18H29NO/c1-3-18(4-2,14-20)13-19-17-12-8-6-10-15-9-5-7-11-16(15)17/h5,7,9,11,17,19-20H,3-4,6,8,10,12-14H2,1-2H3. The molecule has 1 aromatic rings. The number of rotatable bonds is 6. The van der Waals surface area contributed by atoms with Crippen LogP contribution in [-0.2, 0) is 6.42 Å². The first kappa shape index (κ1) is 15.5. The van der Waals surface area contributed by atoms with Crippen LogP contribution in [0.4, 0.5) is 0 Å². The van der Waals surface area contributed by atoms with Crippen LogP contribution in [0.15, 0.2) is 24.3 Å². The van der Waals surface area contributed by atoms with Crippen LogP contribution >= 0.6 is 0 Å². The number of hydrogen-bond donors (Lipinski definition) is 2. The van der Waals surface area contributed by atoms with Gasteiger partial charge in [-0.05, 0) is 43.2 Å². The van der Waals surface area contributed by atoms with Crippen LogP contribution in [-0.4, -0.2) is 18.3 Å². The summed E-state index contributed by atoms with van der Waals surface area (Å²) >= 11 is 0. The molecule has 1 aromatic carbocycles. The van der Waals surface area contributed by atoms with Crippen molar-refractivity contribution in [3.05, 3.63) is 35.4 Å². The van der Waals surface area contributed by atoms with Gasteiger partial charge < -0.3 is 10.4 Å². The van der Waals surface area contributed by atoms with Crippen molar-refractivity contribution in [2.24, 2.45) is 5.41 Å². The maximum atomic E-state index is 9.72. The molecule has 2 N–H and O–H groups in total. The molecule has 2 heteroatoms. The molecule has 0 fully saturated rings. The van der Waals surface area contributed by atoms with Crippen LogP contribution < -0.4 is 5.32 Å². The SMILES string of the molecule is CCC(CC)(CO)CNC1CCCCc2ccccc21. The van der Waals surface area contributed by atoms with E-state index in [1.54, 1.807) is 0 Å². The van der Waals surface area contributed by atoms with E-state index in [9.17, 15) is 5.11 Å². The Morgan fingerprint density at radius 3 is 2.65 bits per heavy atom. The van der Waals surface area contributed by atoms with E-state index in [-0.39, 0.29) is 12.0 Å². The molecule has 2 rings (SSSR count). The van der Waals surface area contributed by atoms with Crippen molar-refractivity contribution in [3.8, 4) is 0 Å². The Morgan fingerprint density at radius 1 is 1.20 bits per heavy atom. The number of fused-ring (bicyclic) bond motifs is 1. The third kappa shape index (κ3) is 3.42. The zero-order valence-electron chi connectivity index (χ0n) is 13.0. The summed E-state index contributed by atoms with van der Waals surface area (Å²) in [5.41, 5.74) is 3.02. The van der Waals surface area contributed by atoms with Crippen molar-refractivity contribution in [2.75, 3.05) is 13.2 Å². The summed E-state index contributed by atoms with van der Waals surface area (Å²) in [5, 5.41) is 13.5. The Morgan fingerprint density at radius 2 is 1.95 bits per heavy atom. The molecule has 1 atom stereocenters. The molecule has 0 aliphatic heterocycles. The van der Waals surface area contributed by atoms with Crippen LogP contribution in [0.1, 0.15) is 63.1 Å². The average Bonchev–Trinajstić information content (AvgIpc) is 2.72. The summed E-state index contributed by atoms with van der Waals surface area (Å²) in [6.07, 6.45) is 7.06. The lowest BCUT2D eigenvalue weighted by Gasteiger charge is -2.32. The predicted octanol–water partition coefficient (Wildman–Crippen LogP) is 3.84. The molecule has 0 heterocycles. The lowest BCUT2D eigenvalue weighted by Crippen LogP contribution is -2.38. The Balaban J connectivity index is 2.09. The van der Waals surface area contributed by atoms with Crippen LogP contribution in [0.3, 0.4) is 0 Å². The highest BCUT2D eigenvalue weighted by molar-refractivity contribution is 5.31. The van der Waals surface area contributed by atoms with Crippen LogP contribution in [0.5, 0.6) is 0 Å². The van der Waals surface area contributed by atoms with Gasteiger partial charge in [0, 0.05) is 24.6 Å². The van der Waals surface area contributed by atoms with E-state index in [1.807, 2.05) is 0 Å². The molecular weight excluding hydrogens is 246 g/mol. The third-order valence-corrected chi connectivity index (χ3v) is 5.18. The molecule has 112 valence electrons. The maximum Gasteiger partial charge on any atom is 0.0499 e. The Bertz CT molecular complexity index is 403. The second-order valence-corrected chi connectivity index (χ2v) is 6.24. The molecule has 0 spiro atoms. The molecule has 1 aliphatic carbocycles. The minimum Gasteiger partial charge on any atom is -0.396 e. The van der Waals surface area contributed by atoms with Crippen molar-refractivity contribution < 1.29 is 5.11 Å². The summed E-state index contributed by atoms with van der Waals surface area (Å²) in [6, 6.07) is 9.30. The maximum absolute atomic E-state index is 9.72. The van der Waals surface area contributed by atoms with Gasteiger partial charge >= 0.3 is 0 Å². The molecule has 0 saturated carbocycles. The highest BCUT2D eigenvalue weighted by Gasteiger charge is 2.27. The summed E-state index contributed by atoms with van der Waals surface area (Å²) in [6.45, 7) is 5.56. The van der Waals surface area contributed by atoms with Gasteiger partial charge in [0.15, 0.2) is 0 Å². The lowest BCUT2D eigenvalue weighted by atomic mass is 9.82. The van der Waals surface area contributed by atoms with E-state index >= 15 is 0 Å². The lowest BCUT2D eigenvalue weighted by molar-refractivity contribution is 0.109. The van der Waals surface area contributed by atoms with Crippen LogP contribution in [0, 0.1) is 5.41 Å². The summed E-state index contributed by atoms with van der Waals surface area (Å²) in [7, 11) is 0. The smallest absolute Gasteiger partial charge is 0.0499 e. The van der Waals surface area contributed by atoms with Gasteiger partial charge in [-0.25, -0.2) is 0 Å². The highest BCUT2D eigenvalue weighted by Crippen LogP contribution is 2.31. The zero-order chi connectivity index (χ0) is 14.4. The summed E-state index contributed by atoms with van der Waals surface area (Å²) < 4.78 is 0. The molecule has 0 bridgehead atoms. The molecule has 2 nitrogen and oxygen atoms in total. The number of aliphatic hydroxyl groups excluding tert-OH is 1. The molecular formula is C18H29NO. The van der Waals surface area contributed by atoms with Crippen molar-refractivity contribution in [1.82, 2.24) is 5.32 Å². The summed E-state index contributed by atoms with van der Waals surface area (Å²) in [5.74, 6) is 0. The van der Waals surface area contributed by atoms with E-state index in [0.29, 0.717) is 6.04 Å². The van der Waals surface area contributed by atoms with Gasteiger partial charge in [-0.3, -0.25) is 0 Å². The van der Waals surface area contributed by atoms with Gasteiger partial charge in [0.05, 0.1) is 0 Å². The van der Waals surface area contributed by atoms with Gasteiger partial charge in [-0.1, -0.05) is 44.5 Å². The molecule has 0 amide bonds. The van der Waals surface area contributed by atoms with Crippen molar-refractivity contribution in [3.63, 3.8) is 0 Å². The number of benzene rings is 1. The zero-order valence-corrected chi connectivity index (χ0v) is 13.0. The first-order valence-corrected chi connectivity index (χ1v) is 8.16. The van der Waals surface area contributed by atoms with Crippen LogP contribution in [0.25, 0.3) is 0 Å². The van der Waals surface area contributed by atoms with Gasteiger partial charge in [0.2, 0.25) is 0 Å². The fourth-order valence-electron chi connectivity index (χ4n) is 3.25. The average molecular weight is 275 g/mol. The largest absolute Gasteiger partial charge is 0.396 e. The second-order valence-electron chi connectivity index (χ2n) is 6.24. The number of aliphatic hydroxyl groups is 1. The van der Waals surface area contributed by atoms with E-state index in [0.717, 1.165) is 19.4 Å². The molecule has 0 saturated heterocycles. The van der Waals surface area contributed by atoms with Crippen molar-refractivity contribution >= 4 is 0 Å². The molecule has 1 unspecified atom stereocenters. The Kier molecular flexibility index (Phi) is 5.62. The van der Waals surface area contributed by atoms with E-state index in [4.69, 9.17) is 0 Å². The van der Waals surface area contributed by atoms with E-state index in [1.165, 1.54) is 36.8 Å². The quantitative estimate of drug-likeness (QED) is 0.773. The second kappa shape index (κ2) is 7.24. The number of nitrogens with one attached hydrogen (secondary N) is 1. The fraction of sp³-hybridized carbons (Fsp3) is 0.667. The Labute approximate surface area is 123 Å². The van der Waals surface area contributed by atoms with Crippen molar-refractivity contribution in [1.29, 1.82) is 0 Å². The molecule has 0 aromatic heterocycles. The fourth-order valence-corrected chi connectivity index (χ4v) is 3.25. The van der Waals surface area contributed by atoms with E-state index in [2.05, 4.69) is 43.4 Å². The highest BCUT2D eigenvalue weighted by atomic mass is 16.3. The van der Waals surface area contributed by atoms with Crippen LogP contribution in [0.2, 0.25) is 0 Å². The first-order chi connectivity index (χ1) is 9.74. The molecule has 1 aliphatic rings. The van der Waals surface area contributed by atoms with Gasteiger partial charge in [0.1, 0.15) is 0 Å². The van der Waals surface area contributed by atoms with Gasteiger partial charge in [0.25, 0.3) is 0 Å². The number of aryl methyl sites for hydroxylation is 1. The summed E-state index contributed by atoms with van der Waals surface area (Å²) in [4.78, 5) is 0. The molecule has 0 radical (unpaired) electrons. The first-order valence-electron chi connectivity index (χ1n) is 8.16. The number of hydrogen-bond acceptors (Lipinski definition) is 2. The van der Waals surface area contributed by atoms with Crippen molar-refractivity contribution in [2.45, 2.75) is 58.4 Å². The third-order valence-electron chi connectivity index (χ3n) is 5.18. The normalized spacial score (nSPS) is 19.4. The van der Waals surface area contributed by atoms with E-state index < -0.39 is 0 Å².